The molecule has 25 heavy (non-hydrogen) atoms. The Balaban J connectivity index is 1.81. The molecule has 0 bridgehead atoms. The first-order valence-corrected chi connectivity index (χ1v) is 8.28. The quantitative estimate of drug-likeness (QED) is 0.458. The molecule has 0 aliphatic carbocycles. The van der Waals surface area contributed by atoms with E-state index in [4.69, 9.17) is 4.74 Å². The number of hydrogen-bond donors (Lipinski definition) is 3. The average molecular weight is 402 g/mol. The van der Waals surface area contributed by atoms with Crippen molar-refractivity contribution in [1.82, 2.24) is 10.4 Å². The number of hydrazone groups is 1. The van der Waals surface area contributed by atoms with Gasteiger partial charge in [0.2, 0.25) is 0 Å². The molecule has 0 saturated heterocycles. The minimum atomic E-state index is -0.517. The van der Waals surface area contributed by atoms with Gasteiger partial charge in [0.15, 0.2) is 0 Å². The zero-order valence-corrected chi connectivity index (χ0v) is 15.2. The van der Waals surface area contributed by atoms with Crippen LogP contribution in [0, 0.1) is 0 Å². The molecule has 1 aromatic heterocycles. The van der Waals surface area contributed by atoms with E-state index in [0.29, 0.717) is 15.9 Å². The first kappa shape index (κ1) is 17.0. The summed E-state index contributed by atoms with van der Waals surface area (Å²) in [7, 11) is 1.48. The van der Waals surface area contributed by atoms with E-state index < -0.39 is 5.91 Å². The van der Waals surface area contributed by atoms with E-state index in [1.165, 1.54) is 19.2 Å². The highest BCUT2D eigenvalue weighted by Crippen LogP contribution is 2.32. The summed E-state index contributed by atoms with van der Waals surface area (Å²) in [6.45, 7) is 1.79. The van der Waals surface area contributed by atoms with Gasteiger partial charge in [0.05, 0.1) is 28.6 Å². The number of phenols is 1. The third-order valence-corrected chi connectivity index (χ3v) is 4.38. The number of rotatable bonds is 4. The van der Waals surface area contributed by atoms with Crippen molar-refractivity contribution >= 4 is 38.5 Å². The Labute approximate surface area is 152 Å². The molecule has 0 saturated carbocycles. The lowest BCUT2D eigenvalue weighted by Gasteiger charge is -2.08. The summed E-state index contributed by atoms with van der Waals surface area (Å²) < 4.78 is 5.64. The van der Waals surface area contributed by atoms with Crippen molar-refractivity contribution in [3.8, 4) is 11.5 Å². The topological polar surface area (TPSA) is 86.7 Å². The number of methoxy groups -OCH3 is 1. The van der Waals surface area contributed by atoms with Crippen molar-refractivity contribution in [1.29, 1.82) is 0 Å². The third-order valence-electron chi connectivity index (χ3n) is 3.76. The Bertz CT molecular complexity index is 946. The van der Waals surface area contributed by atoms with E-state index >= 15 is 0 Å². The van der Waals surface area contributed by atoms with Gasteiger partial charge in [-0.1, -0.05) is 18.2 Å². The van der Waals surface area contributed by atoms with Crippen LogP contribution in [-0.4, -0.2) is 28.8 Å². The predicted octanol–water partition coefficient (Wildman–Crippen LogP) is 3.80. The molecule has 2 aromatic carbocycles. The smallest absolute Gasteiger partial charge is 0.275 e. The van der Waals surface area contributed by atoms with E-state index in [9.17, 15) is 9.90 Å². The van der Waals surface area contributed by atoms with Gasteiger partial charge >= 0.3 is 0 Å². The van der Waals surface area contributed by atoms with Gasteiger partial charge < -0.3 is 14.8 Å². The van der Waals surface area contributed by atoms with Gasteiger partial charge in [-0.3, -0.25) is 4.79 Å². The summed E-state index contributed by atoms with van der Waals surface area (Å²) >= 11 is 3.29. The standard InChI is InChI=1S/C18H16BrN3O3/c1-10(15-7-11-5-3-4-6-14(11)20-15)21-22-18(24)12-8-13(19)17(25-2)9-16(12)23/h3-9,20,23H,1-2H3,(H,22,24)/b21-10+. The normalized spacial score (nSPS) is 11.6. The molecular weight excluding hydrogens is 386 g/mol. The molecule has 1 heterocycles. The predicted molar refractivity (Wildman–Crippen MR) is 100 cm³/mol. The summed E-state index contributed by atoms with van der Waals surface area (Å²) in [6.07, 6.45) is 0. The van der Waals surface area contributed by atoms with Crippen LogP contribution in [0.1, 0.15) is 23.0 Å². The lowest BCUT2D eigenvalue weighted by atomic mass is 10.2. The van der Waals surface area contributed by atoms with E-state index in [1.54, 1.807) is 6.92 Å². The number of ether oxygens (including phenoxy) is 1. The molecule has 0 spiro atoms. The van der Waals surface area contributed by atoms with E-state index in [1.807, 2.05) is 30.3 Å². The first-order valence-electron chi connectivity index (χ1n) is 7.49. The largest absolute Gasteiger partial charge is 0.507 e. The van der Waals surface area contributed by atoms with Gasteiger partial charge in [0.1, 0.15) is 11.5 Å². The minimum Gasteiger partial charge on any atom is -0.507 e. The molecule has 3 N–H and O–H groups in total. The monoisotopic (exact) mass is 401 g/mol. The molecule has 0 fully saturated rings. The summed E-state index contributed by atoms with van der Waals surface area (Å²) in [4.78, 5) is 15.5. The van der Waals surface area contributed by atoms with Crippen LogP contribution in [0.5, 0.6) is 11.5 Å². The number of hydrogen-bond acceptors (Lipinski definition) is 4. The van der Waals surface area contributed by atoms with E-state index in [2.05, 4.69) is 31.4 Å². The summed E-state index contributed by atoms with van der Waals surface area (Å²) in [5, 5.41) is 15.2. The third kappa shape index (κ3) is 3.51. The number of benzene rings is 2. The van der Waals surface area contributed by atoms with Gasteiger partial charge in [0.25, 0.3) is 5.91 Å². The summed E-state index contributed by atoms with van der Waals surface area (Å²) in [5.41, 5.74) is 4.98. The Morgan fingerprint density at radius 2 is 2.04 bits per heavy atom. The SMILES string of the molecule is COc1cc(O)c(C(=O)N/N=C(\C)c2cc3ccccc3[nH]2)cc1Br. The van der Waals surface area contributed by atoms with Crippen molar-refractivity contribution in [2.45, 2.75) is 6.92 Å². The number of carbonyl (C=O) groups is 1. The van der Waals surface area contributed by atoms with E-state index in [-0.39, 0.29) is 11.3 Å². The number of phenolic OH excluding ortho intramolecular Hbond substituents is 1. The highest BCUT2D eigenvalue weighted by molar-refractivity contribution is 9.10. The number of fused-ring (bicyclic) bond motifs is 1. The number of aromatic nitrogens is 1. The zero-order valence-electron chi connectivity index (χ0n) is 13.6. The van der Waals surface area contributed by atoms with Crippen molar-refractivity contribution < 1.29 is 14.6 Å². The number of halogens is 1. The van der Waals surface area contributed by atoms with Crippen molar-refractivity contribution in [3.63, 3.8) is 0 Å². The van der Waals surface area contributed by atoms with Gasteiger partial charge in [0, 0.05) is 17.0 Å². The van der Waals surface area contributed by atoms with Crippen LogP contribution in [-0.2, 0) is 0 Å². The molecule has 0 aliphatic rings. The molecule has 0 unspecified atom stereocenters. The molecule has 3 aromatic rings. The number of nitrogens with one attached hydrogen (secondary N) is 2. The fourth-order valence-electron chi connectivity index (χ4n) is 2.40. The number of nitrogens with zero attached hydrogens (tertiary/aromatic N) is 1. The van der Waals surface area contributed by atoms with Crippen LogP contribution < -0.4 is 10.2 Å². The maximum Gasteiger partial charge on any atom is 0.275 e. The van der Waals surface area contributed by atoms with Crippen LogP contribution in [0.25, 0.3) is 10.9 Å². The summed E-state index contributed by atoms with van der Waals surface area (Å²) in [6, 6.07) is 12.7. The molecule has 0 atom stereocenters. The van der Waals surface area contributed by atoms with Crippen LogP contribution in [0.2, 0.25) is 0 Å². The lowest BCUT2D eigenvalue weighted by molar-refractivity contribution is 0.0952. The van der Waals surface area contributed by atoms with Crippen molar-refractivity contribution in [3.05, 3.63) is 58.2 Å². The van der Waals surface area contributed by atoms with Crippen molar-refractivity contribution in [2.75, 3.05) is 7.11 Å². The highest BCUT2D eigenvalue weighted by atomic mass is 79.9. The lowest BCUT2D eigenvalue weighted by Crippen LogP contribution is -2.19. The number of carbonyl (C=O) groups excluding carboxylic acids is 1. The molecule has 6 nitrogen and oxygen atoms in total. The number of para-hydroxylation sites is 1. The maximum atomic E-state index is 12.3. The maximum absolute atomic E-state index is 12.3. The molecule has 3 rings (SSSR count). The Morgan fingerprint density at radius 1 is 1.28 bits per heavy atom. The Morgan fingerprint density at radius 3 is 2.76 bits per heavy atom. The average Bonchev–Trinajstić information content (AvgIpc) is 3.05. The molecular formula is C18H16BrN3O3. The van der Waals surface area contributed by atoms with E-state index in [0.717, 1.165) is 16.6 Å². The Hall–Kier alpha value is -2.80. The second-order valence-corrected chi connectivity index (χ2v) is 6.27. The Kier molecular flexibility index (Phi) is 4.76. The molecule has 0 aliphatic heterocycles. The fourth-order valence-corrected chi connectivity index (χ4v) is 2.91. The number of aromatic amines is 1. The number of H-pyrrole nitrogens is 1. The van der Waals surface area contributed by atoms with Crippen molar-refractivity contribution in [2.24, 2.45) is 5.10 Å². The summed E-state index contributed by atoms with van der Waals surface area (Å²) in [5.74, 6) is -0.265. The van der Waals surface area contributed by atoms with Gasteiger partial charge in [-0.25, -0.2) is 5.43 Å². The molecule has 7 heteroatoms. The van der Waals surface area contributed by atoms with Crippen LogP contribution in [0.15, 0.2) is 52.0 Å². The second-order valence-electron chi connectivity index (χ2n) is 5.41. The molecule has 1 amide bonds. The second kappa shape index (κ2) is 6.98. The van der Waals surface area contributed by atoms with Gasteiger partial charge in [-0.15, -0.1) is 0 Å². The first-order chi connectivity index (χ1) is 12.0. The van der Waals surface area contributed by atoms with Crippen LogP contribution >= 0.6 is 15.9 Å². The van der Waals surface area contributed by atoms with Crippen LogP contribution in [0.3, 0.4) is 0 Å². The van der Waals surface area contributed by atoms with Gasteiger partial charge in [-0.2, -0.15) is 5.10 Å². The van der Waals surface area contributed by atoms with Crippen LogP contribution in [0.4, 0.5) is 0 Å². The number of aromatic hydroxyl groups is 1. The molecule has 0 radical (unpaired) electrons. The van der Waals surface area contributed by atoms with Gasteiger partial charge in [-0.05, 0) is 41.1 Å². The molecule has 128 valence electrons. The zero-order chi connectivity index (χ0) is 18.0. The fraction of sp³-hybridized carbons (Fsp3) is 0.111. The number of amides is 1. The minimum absolute atomic E-state index is 0.0980. The highest BCUT2D eigenvalue weighted by Gasteiger charge is 2.15.